The van der Waals surface area contributed by atoms with Gasteiger partial charge in [-0.1, -0.05) is 0 Å². The van der Waals surface area contributed by atoms with Crippen molar-refractivity contribution in [2.24, 2.45) is 5.92 Å². The van der Waals surface area contributed by atoms with Crippen LogP contribution in [0.3, 0.4) is 0 Å². The van der Waals surface area contributed by atoms with E-state index in [9.17, 15) is 8.42 Å². The Balaban J connectivity index is 1.88. The largest absolute Gasteiger partial charge is 0.370 e. The van der Waals surface area contributed by atoms with E-state index in [2.05, 4.69) is 20.6 Å². The standard InChI is InChI=1S/C11H18N4O2S/c1-2-12-10-3-5-13-11(15-10)14-7-9-4-6-18(16,17)8-9/h3,5,9H,2,4,6-8H2,1H3,(H2,12,13,14,15)/t9-/m1/s1. The molecule has 0 amide bonds. The van der Waals surface area contributed by atoms with Crippen LogP contribution in [0.2, 0.25) is 0 Å². The minimum Gasteiger partial charge on any atom is -0.370 e. The number of aromatic nitrogens is 2. The molecule has 0 unspecified atom stereocenters. The van der Waals surface area contributed by atoms with Gasteiger partial charge in [-0.15, -0.1) is 0 Å². The average molecular weight is 270 g/mol. The second kappa shape index (κ2) is 5.51. The van der Waals surface area contributed by atoms with Gasteiger partial charge in [-0.3, -0.25) is 0 Å². The fraction of sp³-hybridized carbons (Fsp3) is 0.636. The maximum atomic E-state index is 11.3. The van der Waals surface area contributed by atoms with Crippen molar-refractivity contribution < 1.29 is 8.42 Å². The van der Waals surface area contributed by atoms with Gasteiger partial charge in [0.15, 0.2) is 9.84 Å². The van der Waals surface area contributed by atoms with Crippen LogP contribution in [0.4, 0.5) is 11.8 Å². The Morgan fingerprint density at radius 2 is 2.28 bits per heavy atom. The molecule has 0 radical (unpaired) electrons. The number of anilines is 2. The first-order valence-corrected chi connectivity index (χ1v) is 7.92. The summed E-state index contributed by atoms with van der Waals surface area (Å²) in [4.78, 5) is 8.38. The summed E-state index contributed by atoms with van der Waals surface area (Å²) in [6, 6.07) is 1.80. The number of hydrogen-bond acceptors (Lipinski definition) is 6. The van der Waals surface area contributed by atoms with Gasteiger partial charge in [-0.2, -0.15) is 4.98 Å². The van der Waals surface area contributed by atoms with Gasteiger partial charge in [-0.25, -0.2) is 13.4 Å². The van der Waals surface area contributed by atoms with Crippen molar-refractivity contribution in [1.29, 1.82) is 0 Å². The summed E-state index contributed by atoms with van der Waals surface area (Å²) in [6.45, 7) is 3.41. The number of sulfone groups is 1. The number of nitrogens with zero attached hydrogens (tertiary/aromatic N) is 2. The van der Waals surface area contributed by atoms with Gasteiger partial charge in [0, 0.05) is 19.3 Å². The highest BCUT2D eigenvalue weighted by Gasteiger charge is 2.27. The fourth-order valence-electron chi connectivity index (χ4n) is 1.99. The van der Waals surface area contributed by atoms with E-state index in [-0.39, 0.29) is 11.7 Å². The van der Waals surface area contributed by atoms with Gasteiger partial charge in [0.1, 0.15) is 5.82 Å². The Hall–Kier alpha value is -1.37. The Bertz CT molecular complexity index is 504. The minimum absolute atomic E-state index is 0.168. The molecule has 1 aliphatic heterocycles. The molecule has 7 heteroatoms. The van der Waals surface area contributed by atoms with Crippen molar-refractivity contribution in [2.45, 2.75) is 13.3 Å². The third-order valence-corrected chi connectivity index (χ3v) is 4.73. The smallest absolute Gasteiger partial charge is 0.224 e. The summed E-state index contributed by atoms with van der Waals surface area (Å²) in [5, 5.41) is 6.20. The van der Waals surface area contributed by atoms with Crippen LogP contribution in [-0.2, 0) is 9.84 Å². The maximum absolute atomic E-state index is 11.3. The number of nitrogens with one attached hydrogen (secondary N) is 2. The second-order valence-electron chi connectivity index (χ2n) is 4.45. The lowest BCUT2D eigenvalue weighted by atomic mass is 10.1. The molecule has 1 saturated heterocycles. The van der Waals surface area contributed by atoms with E-state index in [0.29, 0.717) is 18.2 Å². The lowest BCUT2D eigenvalue weighted by molar-refractivity contribution is 0.595. The monoisotopic (exact) mass is 270 g/mol. The van der Waals surface area contributed by atoms with E-state index in [0.717, 1.165) is 18.8 Å². The van der Waals surface area contributed by atoms with Crippen LogP contribution in [0.5, 0.6) is 0 Å². The molecule has 0 bridgehead atoms. The highest BCUT2D eigenvalue weighted by Crippen LogP contribution is 2.18. The highest BCUT2D eigenvalue weighted by atomic mass is 32.2. The lowest BCUT2D eigenvalue weighted by Crippen LogP contribution is -2.17. The first-order chi connectivity index (χ1) is 8.59. The van der Waals surface area contributed by atoms with E-state index in [4.69, 9.17) is 0 Å². The van der Waals surface area contributed by atoms with Crippen LogP contribution < -0.4 is 10.6 Å². The Labute approximate surface area is 107 Å². The van der Waals surface area contributed by atoms with Crippen molar-refractivity contribution in [3.05, 3.63) is 12.3 Å². The predicted molar refractivity (Wildman–Crippen MR) is 71.4 cm³/mol. The second-order valence-corrected chi connectivity index (χ2v) is 6.67. The molecule has 0 spiro atoms. The Morgan fingerprint density at radius 1 is 1.44 bits per heavy atom. The first-order valence-electron chi connectivity index (χ1n) is 6.10. The van der Waals surface area contributed by atoms with Gasteiger partial charge >= 0.3 is 0 Å². The molecule has 1 aromatic heterocycles. The summed E-state index contributed by atoms with van der Waals surface area (Å²) in [5.74, 6) is 2.05. The molecule has 1 aliphatic rings. The minimum atomic E-state index is -2.81. The molecular weight excluding hydrogens is 252 g/mol. The molecule has 1 atom stereocenters. The van der Waals surface area contributed by atoms with Gasteiger partial charge in [0.05, 0.1) is 11.5 Å². The maximum Gasteiger partial charge on any atom is 0.224 e. The summed E-state index contributed by atoms with van der Waals surface area (Å²) >= 11 is 0. The van der Waals surface area contributed by atoms with Crippen LogP contribution in [-0.4, -0.2) is 43.0 Å². The number of hydrogen-bond donors (Lipinski definition) is 2. The third-order valence-electron chi connectivity index (χ3n) is 2.89. The van der Waals surface area contributed by atoms with E-state index in [1.807, 2.05) is 6.92 Å². The molecule has 1 fully saturated rings. The molecule has 6 nitrogen and oxygen atoms in total. The molecule has 2 heterocycles. The summed E-state index contributed by atoms with van der Waals surface area (Å²) < 4.78 is 22.6. The Morgan fingerprint density at radius 3 is 2.94 bits per heavy atom. The summed E-state index contributed by atoms with van der Waals surface area (Å²) in [7, 11) is -2.81. The van der Waals surface area contributed by atoms with Crippen molar-refractivity contribution in [3.8, 4) is 0 Å². The summed E-state index contributed by atoms with van der Waals surface area (Å²) in [5.41, 5.74) is 0. The van der Waals surface area contributed by atoms with E-state index >= 15 is 0 Å². The van der Waals surface area contributed by atoms with Crippen LogP contribution in [0.25, 0.3) is 0 Å². The SMILES string of the molecule is CCNc1ccnc(NC[C@H]2CCS(=O)(=O)C2)n1. The molecule has 0 aliphatic carbocycles. The van der Waals surface area contributed by atoms with Crippen LogP contribution in [0.15, 0.2) is 12.3 Å². The fourth-order valence-corrected chi connectivity index (χ4v) is 3.85. The quantitative estimate of drug-likeness (QED) is 0.821. The molecule has 0 aromatic carbocycles. The Kier molecular flexibility index (Phi) is 4.00. The van der Waals surface area contributed by atoms with Gasteiger partial charge in [-0.05, 0) is 25.3 Å². The topological polar surface area (TPSA) is 84.0 Å². The molecule has 1 aromatic rings. The highest BCUT2D eigenvalue weighted by molar-refractivity contribution is 7.91. The van der Waals surface area contributed by atoms with Crippen LogP contribution >= 0.6 is 0 Å². The first kappa shape index (κ1) is 13.1. The number of rotatable bonds is 5. The van der Waals surface area contributed by atoms with Gasteiger partial charge in [0.25, 0.3) is 0 Å². The van der Waals surface area contributed by atoms with Crippen LogP contribution in [0, 0.1) is 5.92 Å². The molecule has 100 valence electrons. The molecule has 2 rings (SSSR count). The van der Waals surface area contributed by atoms with Crippen molar-refractivity contribution in [3.63, 3.8) is 0 Å². The zero-order chi connectivity index (χ0) is 13.0. The zero-order valence-corrected chi connectivity index (χ0v) is 11.2. The molecular formula is C11H18N4O2S. The van der Waals surface area contributed by atoms with Crippen molar-refractivity contribution in [2.75, 3.05) is 35.2 Å². The van der Waals surface area contributed by atoms with Gasteiger partial charge < -0.3 is 10.6 Å². The van der Waals surface area contributed by atoms with Crippen molar-refractivity contribution >= 4 is 21.6 Å². The van der Waals surface area contributed by atoms with E-state index in [1.54, 1.807) is 12.3 Å². The lowest BCUT2D eigenvalue weighted by Gasteiger charge is -2.10. The predicted octanol–water partition coefficient (Wildman–Crippen LogP) is 0.755. The normalized spacial score (nSPS) is 21.7. The third kappa shape index (κ3) is 3.56. The molecule has 2 N–H and O–H groups in total. The van der Waals surface area contributed by atoms with Crippen LogP contribution in [0.1, 0.15) is 13.3 Å². The van der Waals surface area contributed by atoms with Crippen molar-refractivity contribution in [1.82, 2.24) is 9.97 Å². The summed E-state index contributed by atoms with van der Waals surface area (Å²) in [6.07, 6.45) is 2.40. The zero-order valence-electron chi connectivity index (χ0n) is 10.4. The van der Waals surface area contributed by atoms with Gasteiger partial charge in [0.2, 0.25) is 5.95 Å². The molecule has 18 heavy (non-hydrogen) atoms. The molecule has 0 saturated carbocycles. The van der Waals surface area contributed by atoms with E-state index in [1.165, 1.54) is 0 Å². The average Bonchev–Trinajstić information content (AvgIpc) is 2.68. The van der Waals surface area contributed by atoms with E-state index < -0.39 is 9.84 Å².